The summed E-state index contributed by atoms with van der Waals surface area (Å²) >= 11 is 0. The Balaban J connectivity index is 1.97. The zero-order valence-corrected chi connectivity index (χ0v) is 11.6. The van der Waals surface area contributed by atoms with Crippen molar-refractivity contribution in [1.29, 1.82) is 0 Å². The maximum Gasteiger partial charge on any atom is 0.268 e. The molecule has 1 aromatic carbocycles. The van der Waals surface area contributed by atoms with E-state index in [1.54, 1.807) is 0 Å². The Morgan fingerprint density at radius 2 is 1.95 bits per heavy atom. The number of nitrogens with zero attached hydrogens (tertiary/aromatic N) is 1. The van der Waals surface area contributed by atoms with Crippen LogP contribution in [0.5, 0.6) is 0 Å². The number of rotatable bonds is 2. The molecular weight excluding hydrogens is 236 g/mol. The zero-order valence-electron chi connectivity index (χ0n) is 11.6. The van der Waals surface area contributed by atoms with E-state index in [1.807, 2.05) is 30.7 Å². The smallest absolute Gasteiger partial charge is 0.268 e. The van der Waals surface area contributed by atoms with Gasteiger partial charge in [0.1, 0.15) is 5.69 Å². The van der Waals surface area contributed by atoms with Crippen molar-refractivity contribution in [3.8, 4) is 0 Å². The van der Waals surface area contributed by atoms with Gasteiger partial charge in [0.15, 0.2) is 0 Å². The van der Waals surface area contributed by atoms with Gasteiger partial charge >= 0.3 is 0 Å². The Bertz CT molecular complexity index is 582. The van der Waals surface area contributed by atoms with E-state index in [1.165, 1.54) is 18.2 Å². The fraction of sp³-hybridized carbons (Fsp3) is 0.438. The molecule has 2 aromatic rings. The Morgan fingerprint density at radius 3 is 2.63 bits per heavy atom. The molecule has 1 aliphatic rings. The lowest BCUT2D eigenvalue weighted by molar-refractivity contribution is 0.0929. The molecule has 1 saturated carbocycles. The first kappa shape index (κ1) is 12.3. The lowest BCUT2D eigenvalue weighted by atomic mass is 10.1. The fourth-order valence-electron chi connectivity index (χ4n) is 3.23. The molecule has 0 unspecified atom stereocenters. The summed E-state index contributed by atoms with van der Waals surface area (Å²) in [4.78, 5) is 12.5. The van der Waals surface area contributed by atoms with Gasteiger partial charge in [0.25, 0.3) is 5.91 Å². The van der Waals surface area contributed by atoms with Gasteiger partial charge in [-0.2, -0.15) is 0 Å². The van der Waals surface area contributed by atoms with Crippen molar-refractivity contribution in [3.05, 3.63) is 35.5 Å². The van der Waals surface area contributed by atoms with Crippen LogP contribution in [0.4, 0.5) is 0 Å². The third-order valence-electron chi connectivity index (χ3n) is 4.27. The third-order valence-corrected chi connectivity index (χ3v) is 4.27. The minimum absolute atomic E-state index is 0.0723. The van der Waals surface area contributed by atoms with Crippen LogP contribution >= 0.6 is 0 Å². The van der Waals surface area contributed by atoms with Gasteiger partial charge in [-0.25, -0.2) is 0 Å². The minimum Gasteiger partial charge on any atom is -0.348 e. The van der Waals surface area contributed by atoms with Gasteiger partial charge in [-0.05, 0) is 31.4 Å². The number of hydrogen-bond donors (Lipinski definition) is 1. The number of benzene rings is 1. The monoisotopic (exact) mass is 256 g/mol. The molecule has 0 atom stereocenters. The van der Waals surface area contributed by atoms with Crippen LogP contribution in [-0.4, -0.2) is 16.5 Å². The van der Waals surface area contributed by atoms with E-state index >= 15 is 0 Å². The summed E-state index contributed by atoms with van der Waals surface area (Å²) in [7, 11) is 1.97. The number of nitrogens with one attached hydrogen (secondary N) is 1. The quantitative estimate of drug-likeness (QED) is 0.880. The number of amides is 1. The molecule has 1 amide bonds. The van der Waals surface area contributed by atoms with Crippen molar-refractivity contribution in [1.82, 2.24) is 9.88 Å². The Hall–Kier alpha value is -1.77. The summed E-state index contributed by atoms with van der Waals surface area (Å²) in [5, 5.41) is 4.35. The van der Waals surface area contributed by atoms with Crippen molar-refractivity contribution >= 4 is 16.8 Å². The van der Waals surface area contributed by atoms with Gasteiger partial charge in [-0.15, -0.1) is 0 Å². The number of fused-ring (bicyclic) bond motifs is 1. The van der Waals surface area contributed by atoms with Crippen LogP contribution in [0, 0.1) is 6.92 Å². The highest BCUT2D eigenvalue weighted by atomic mass is 16.2. The molecule has 0 saturated heterocycles. The van der Waals surface area contributed by atoms with Crippen LogP contribution in [0.3, 0.4) is 0 Å². The van der Waals surface area contributed by atoms with Crippen molar-refractivity contribution < 1.29 is 4.79 Å². The summed E-state index contributed by atoms with van der Waals surface area (Å²) in [5.74, 6) is 0.0723. The molecule has 3 heteroatoms. The first-order valence-electron chi connectivity index (χ1n) is 7.03. The topological polar surface area (TPSA) is 34.0 Å². The Morgan fingerprint density at radius 1 is 1.26 bits per heavy atom. The van der Waals surface area contributed by atoms with Crippen molar-refractivity contribution in [2.24, 2.45) is 7.05 Å². The van der Waals surface area contributed by atoms with E-state index in [9.17, 15) is 4.79 Å². The van der Waals surface area contributed by atoms with E-state index in [2.05, 4.69) is 17.4 Å². The second kappa shape index (κ2) is 4.72. The molecule has 1 aliphatic carbocycles. The zero-order chi connectivity index (χ0) is 13.4. The molecule has 0 aliphatic heterocycles. The van der Waals surface area contributed by atoms with Gasteiger partial charge in [0, 0.05) is 24.0 Å². The van der Waals surface area contributed by atoms with Gasteiger partial charge in [0.05, 0.1) is 0 Å². The third kappa shape index (κ3) is 2.03. The molecule has 0 spiro atoms. The van der Waals surface area contributed by atoms with E-state index in [4.69, 9.17) is 0 Å². The molecule has 1 N–H and O–H groups in total. The summed E-state index contributed by atoms with van der Waals surface area (Å²) in [6.45, 7) is 2.03. The summed E-state index contributed by atoms with van der Waals surface area (Å²) in [5.41, 5.74) is 3.00. The van der Waals surface area contributed by atoms with Gasteiger partial charge in [-0.1, -0.05) is 31.0 Å². The molecule has 100 valence electrons. The lowest BCUT2D eigenvalue weighted by Gasteiger charge is -2.13. The van der Waals surface area contributed by atoms with Crippen LogP contribution in [-0.2, 0) is 7.05 Å². The number of carbonyl (C=O) groups excluding carboxylic acids is 1. The molecule has 1 heterocycles. The van der Waals surface area contributed by atoms with Crippen LogP contribution in [0.15, 0.2) is 24.3 Å². The van der Waals surface area contributed by atoms with E-state index in [0.29, 0.717) is 6.04 Å². The van der Waals surface area contributed by atoms with Gasteiger partial charge in [-0.3, -0.25) is 4.79 Å². The highest BCUT2D eigenvalue weighted by molar-refractivity contribution is 6.01. The van der Waals surface area contributed by atoms with Crippen LogP contribution < -0.4 is 5.32 Å². The van der Waals surface area contributed by atoms with E-state index in [-0.39, 0.29) is 5.91 Å². The normalized spacial score (nSPS) is 16.1. The highest BCUT2D eigenvalue weighted by Crippen LogP contribution is 2.25. The standard InChI is InChI=1S/C16H20N2O/c1-11-13-9-5-6-10-14(13)18(2)15(11)16(19)17-12-7-3-4-8-12/h5-6,9-10,12H,3-4,7-8H2,1-2H3,(H,17,19). The maximum absolute atomic E-state index is 12.5. The Labute approximate surface area is 113 Å². The van der Waals surface area contributed by atoms with E-state index in [0.717, 1.165) is 29.6 Å². The average molecular weight is 256 g/mol. The molecule has 0 bridgehead atoms. The minimum atomic E-state index is 0.0723. The highest BCUT2D eigenvalue weighted by Gasteiger charge is 2.22. The predicted octanol–water partition coefficient (Wildman–Crippen LogP) is 3.16. The molecule has 1 fully saturated rings. The predicted molar refractivity (Wildman–Crippen MR) is 77.4 cm³/mol. The van der Waals surface area contributed by atoms with Crippen LogP contribution in [0.1, 0.15) is 41.7 Å². The second-order valence-electron chi connectivity index (χ2n) is 5.50. The Kier molecular flexibility index (Phi) is 3.05. The largest absolute Gasteiger partial charge is 0.348 e. The summed E-state index contributed by atoms with van der Waals surface area (Å²) < 4.78 is 2.01. The molecule has 3 rings (SSSR count). The molecule has 3 nitrogen and oxygen atoms in total. The van der Waals surface area contributed by atoms with Gasteiger partial charge < -0.3 is 9.88 Å². The molecule has 19 heavy (non-hydrogen) atoms. The first-order chi connectivity index (χ1) is 9.18. The lowest BCUT2D eigenvalue weighted by Crippen LogP contribution is -2.34. The average Bonchev–Trinajstić information content (AvgIpc) is 2.99. The van der Waals surface area contributed by atoms with Crippen molar-refractivity contribution in [2.75, 3.05) is 0 Å². The van der Waals surface area contributed by atoms with E-state index < -0.39 is 0 Å². The molecule has 0 radical (unpaired) electrons. The number of carbonyl (C=O) groups is 1. The summed E-state index contributed by atoms with van der Waals surface area (Å²) in [6.07, 6.45) is 4.71. The van der Waals surface area contributed by atoms with Crippen molar-refractivity contribution in [3.63, 3.8) is 0 Å². The maximum atomic E-state index is 12.5. The van der Waals surface area contributed by atoms with Crippen LogP contribution in [0.25, 0.3) is 10.9 Å². The number of hydrogen-bond acceptors (Lipinski definition) is 1. The first-order valence-corrected chi connectivity index (χ1v) is 7.03. The molecular formula is C16H20N2O. The fourth-order valence-corrected chi connectivity index (χ4v) is 3.23. The number of para-hydroxylation sites is 1. The van der Waals surface area contributed by atoms with Gasteiger partial charge in [0.2, 0.25) is 0 Å². The number of aryl methyl sites for hydroxylation is 2. The summed E-state index contributed by atoms with van der Waals surface area (Å²) in [6, 6.07) is 8.55. The SMILES string of the molecule is Cc1c(C(=O)NC2CCCC2)n(C)c2ccccc12. The van der Waals surface area contributed by atoms with Crippen LogP contribution in [0.2, 0.25) is 0 Å². The number of aromatic nitrogens is 1. The molecule has 1 aromatic heterocycles. The van der Waals surface area contributed by atoms with Crippen molar-refractivity contribution in [2.45, 2.75) is 38.6 Å². The second-order valence-corrected chi connectivity index (χ2v) is 5.50.